The Kier molecular flexibility index (Phi) is 6.87. The molecule has 0 bridgehead atoms. The summed E-state index contributed by atoms with van der Waals surface area (Å²) < 4.78 is 4.70. The van der Waals surface area contributed by atoms with Crippen LogP contribution in [0.25, 0.3) is 5.57 Å². The summed E-state index contributed by atoms with van der Waals surface area (Å²) in [6.45, 7) is 2.68. The van der Waals surface area contributed by atoms with Crippen molar-refractivity contribution in [1.29, 1.82) is 5.26 Å². The smallest absolute Gasteiger partial charge is 0.337 e. The topological polar surface area (TPSA) is 99.9 Å². The van der Waals surface area contributed by atoms with Crippen molar-refractivity contribution >= 4 is 29.3 Å². The molecule has 29 heavy (non-hydrogen) atoms. The summed E-state index contributed by atoms with van der Waals surface area (Å²) in [5, 5.41) is 18.8. The molecular weight excluding hydrogens is 386 g/mol. The van der Waals surface area contributed by atoms with Gasteiger partial charge in [0.05, 0.1) is 23.4 Å². The van der Waals surface area contributed by atoms with Crippen LogP contribution in [0.4, 0.5) is 5.95 Å². The van der Waals surface area contributed by atoms with Gasteiger partial charge in [-0.15, -0.1) is 0 Å². The molecule has 1 aromatic heterocycles. The number of nitriles is 1. The van der Waals surface area contributed by atoms with Gasteiger partial charge in [-0.1, -0.05) is 30.8 Å². The summed E-state index contributed by atoms with van der Waals surface area (Å²) in [7, 11) is 1.36. The molecule has 0 saturated heterocycles. The molecule has 2 aromatic rings. The van der Waals surface area contributed by atoms with E-state index in [0.29, 0.717) is 29.3 Å². The van der Waals surface area contributed by atoms with Crippen LogP contribution in [0.15, 0.2) is 52.7 Å². The lowest BCUT2D eigenvalue weighted by Gasteiger charge is -2.08. The Morgan fingerprint density at radius 1 is 1.31 bits per heavy atom. The zero-order chi connectivity index (χ0) is 20.6. The number of esters is 1. The molecule has 1 aliphatic rings. The van der Waals surface area contributed by atoms with Gasteiger partial charge >= 0.3 is 5.97 Å². The Bertz CT molecular complexity index is 993. The van der Waals surface area contributed by atoms with Gasteiger partial charge in [-0.05, 0) is 42.0 Å². The maximum atomic E-state index is 11.5. The highest BCUT2D eigenvalue weighted by Gasteiger charge is 2.16. The number of carbonyl (C=O) groups excluding carboxylic acids is 1. The number of nitrogens with one attached hydrogen (secondary N) is 2. The minimum absolute atomic E-state index is 0.349. The number of anilines is 1. The minimum atomic E-state index is -0.349. The normalized spacial score (nSPS) is 14.4. The summed E-state index contributed by atoms with van der Waals surface area (Å²) in [5.74, 6) is 0.118. The van der Waals surface area contributed by atoms with Crippen LogP contribution in [0.3, 0.4) is 0 Å². The summed E-state index contributed by atoms with van der Waals surface area (Å²) >= 11 is 1.50. The molecule has 1 aromatic carbocycles. The van der Waals surface area contributed by atoms with Crippen molar-refractivity contribution in [2.45, 2.75) is 19.8 Å². The van der Waals surface area contributed by atoms with Gasteiger partial charge in [0.15, 0.2) is 0 Å². The molecular formula is C21H21N5O2S. The number of allylic oxidation sites excluding steroid dienone is 2. The predicted octanol–water partition coefficient (Wildman–Crippen LogP) is 3.70. The molecule has 7 nitrogen and oxygen atoms in total. The SMILES string of the molecule is CCC1=CS/C(=C(/C#N)c2ccnc(NCCc3ccc(C(=O)OC)cc3)n2)N1. The second kappa shape index (κ2) is 9.75. The van der Waals surface area contributed by atoms with Gasteiger partial charge in [0.1, 0.15) is 11.6 Å². The Morgan fingerprint density at radius 2 is 2.10 bits per heavy atom. The highest BCUT2D eigenvalue weighted by atomic mass is 32.2. The number of ether oxygens (including phenoxy) is 1. The van der Waals surface area contributed by atoms with E-state index in [1.54, 1.807) is 24.4 Å². The molecule has 0 spiro atoms. The molecule has 0 unspecified atom stereocenters. The zero-order valence-electron chi connectivity index (χ0n) is 16.2. The van der Waals surface area contributed by atoms with Crippen molar-refractivity contribution in [2.75, 3.05) is 19.0 Å². The molecule has 2 N–H and O–H groups in total. The Balaban J connectivity index is 1.62. The zero-order valence-corrected chi connectivity index (χ0v) is 17.0. The van der Waals surface area contributed by atoms with Gasteiger partial charge in [0.2, 0.25) is 5.95 Å². The molecule has 0 fully saturated rings. The van der Waals surface area contributed by atoms with Gasteiger partial charge in [-0.2, -0.15) is 5.26 Å². The fourth-order valence-corrected chi connectivity index (χ4v) is 3.62. The highest BCUT2D eigenvalue weighted by molar-refractivity contribution is 8.06. The van der Waals surface area contributed by atoms with Crippen molar-refractivity contribution < 1.29 is 9.53 Å². The van der Waals surface area contributed by atoms with Crippen molar-refractivity contribution in [3.8, 4) is 6.07 Å². The standard InChI is InChI=1S/C21H21N5O2S/c1-3-16-13-29-19(25-16)17(12-22)18-9-11-24-21(26-18)23-10-8-14-4-6-15(7-5-14)20(27)28-2/h4-7,9,11,13,25H,3,8,10H2,1-2H3,(H,23,24,26)/b19-17-. The van der Waals surface area contributed by atoms with E-state index in [1.807, 2.05) is 17.5 Å². The number of carbonyl (C=O) groups is 1. The molecule has 8 heteroatoms. The molecule has 148 valence electrons. The first kappa shape index (κ1) is 20.4. The Hall–Kier alpha value is -3.31. The van der Waals surface area contributed by atoms with Crippen LogP contribution in [0.2, 0.25) is 0 Å². The first-order valence-corrected chi connectivity index (χ1v) is 10.0. The van der Waals surface area contributed by atoms with Crippen LogP contribution < -0.4 is 10.6 Å². The maximum absolute atomic E-state index is 11.5. The van der Waals surface area contributed by atoms with E-state index in [-0.39, 0.29) is 5.97 Å². The average molecular weight is 407 g/mol. The first-order valence-electron chi connectivity index (χ1n) is 9.16. The van der Waals surface area contributed by atoms with E-state index >= 15 is 0 Å². The fraction of sp³-hybridized carbons (Fsp3) is 0.238. The second-order valence-corrected chi connectivity index (χ2v) is 7.07. The van der Waals surface area contributed by atoms with Crippen molar-refractivity contribution in [3.05, 3.63) is 69.5 Å². The van der Waals surface area contributed by atoms with Gasteiger partial charge in [0, 0.05) is 18.4 Å². The molecule has 1 aliphatic heterocycles. The third-order valence-electron chi connectivity index (χ3n) is 4.30. The lowest BCUT2D eigenvalue weighted by Crippen LogP contribution is -2.10. The number of aromatic nitrogens is 2. The summed E-state index contributed by atoms with van der Waals surface area (Å²) in [5.41, 5.74) is 3.76. The number of nitrogens with zero attached hydrogens (tertiary/aromatic N) is 3. The van der Waals surface area contributed by atoms with Crippen LogP contribution in [0.5, 0.6) is 0 Å². The second-order valence-electron chi connectivity index (χ2n) is 6.19. The van der Waals surface area contributed by atoms with E-state index in [2.05, 4.69) is 33.6 Å². The number of hydrogen-bond acceptors (Lipinski definition) is 8. The van der Waals surface area contributed by atoms with E-state index < -0.39 is 0 Å². The average Bonchev–Trinajstić information content (AvgIpc) is 3.23. The lowest BCUT2D eigenvalue weighted by molar-refractivity contribution is 0.0600. The third-order valence-corrected chi connectivity index (χ3v) is 5.24. The maximum Gasteiger partial charge on any atom is 0.337 e. The van der Waals surface area contributed by atoms with E-state index in [1.165, 1.54) is 18.9 Å². The molecule has 0 radical (unpaired) electrons. The van der Waals surface area contributed by atoms with Crippen LogP contribution in [0, 0.1) is 11.3 Å². The number of hydrogen-bond donors (Lipinski definition) is 2. The quantitative estimate of drug-likeness (QED) is 0.529. The molecule has 0 atom stereocenters. The van der Waals surface area contributed by atoms with E-state index in [0.717, 1.165) is 29.1 Å². The number of thioether (sulfide) groups is 1. The fourth-order valence-electron chi connectivity index (χ4n) is 2.68. The summed E-state index contributed by atoms with van der Waals surface area (Å²) in [6.07, 6.45) is 3.26. The summed E-state index contributed by atoms with van der Waals surface area (Å²) in [4.78, 5) is 20.2. The lowest BCUT2D eigenvalue weighted by atomic mass is 10.1. The van der Waals surface area contributed by atoms with E-state index in [4.69, 9.17) is 4.74 Å². The third kappa shape index (κ3) is 5.15. The van der Waals surface area contributed by atoms with Crippen LogP contribution in [-0.4, -0.2) is 29.6 Å². The molecule has 3 rings (SSSR count). The van der Waals surface area contributed by atoms with Gasteiger partial charge < -0.3 is 15.4 Å². The van der Waals surface area contributed by atoms with E-state index in [9.17, 15) is 10.1 Å². The number of methoxy groups -OCH3 is 1. The summed E-state index contributed by atoms with van der Waals surface area (Å²) in [6, 6.07) is 11.2. The minimum Gasteiger partial charge on any atom is -0.465 e. The Labute approximate surface area is 173 Å². The monoisotopic (exact) mass is 407 g/mol. The number of rotatable bonds is 7. The van der Waals surface area contributed by atoms with Crippen LogP contribution >= 0.6 is 11.8 Å². The largest absolute Gasteiger partial charge is 0.465 e. The van der Waals surface area contributed by atoms with Crippen LogP contribution in [-0.2, 0) is 11.2 Å². The molecule has 0 saturated carbocycles. The first-order chi connectivity index (χ1) is 14.1. The van der Waals surface area contributed by atoms with Gasteiger partial charge in [-0.25, -0.2) is 14.8 Å². The van der Waals surface area contributed by atoms with Gasteiger partial charge in [-0.3, -0.25) is 0 Å². The van der Waals surface area contributed by atoms with Crippen molar-refractivity contribution in [1.82, 2.24) is 15.3 Å². The van der Waals surface area contributed by atoms with Crippen molar-refractivity contribution in [2.24, 2.45) is 0 Å². The van der Waals surface area contributed by atoms with Gasteiger partial charge in [0.25, 0.3) is 0 Å². The molecule has 2 heterocycles. The number of benzene rings is 1. The van der Waals surface area contributed by atoms with Crippen molar-refractivity contribution in [3.63, 3.8) is 0 Å². The molecule has 0 aliphatic carbocycles. The predicted molar refractivity (Wildman–Crippen MR) is 114 cm³/mol. The highest BCUT2D eigenvalue weighted by Crippen LogP contribution is 2.31. The van der Waals surface area contributed by atoms with Crippen LogP contribution in [0.1, 0.15) is 35.0 Å². The Morgan fingerprint density at radius 3 is 2.76 bits per heavy atom. The molecule has 0 amide bonds.